The Labute approximate surface area is 171 Å². The predicted molar refractivity (Wildman–Crippen MR) is 111 cm³/mol. The number of ether oxygens (including phenoxy) is 2. The molecule has 2 aromatic carbocycles. The van der Waals surface area contributed by atoms with E-state index in [9.17, 15) is 9.59 Å². The summed E-state index contributed by atoms with van der Waals surface area (Å²) in [6, 6.07) is 15.2. The van der Waals surface area contributed by atoms with Crippen molar-refractivity contribution in [2.45, 2.75) is 39.2 Å². The molecular formula is C23H28N2O4. The highest BCUT2D eigenvalue weighted by Crippen LogP contribution is 2.32. The van der Waals surface area contributed by atoms with E-state index in [-0.39, 0.29) is 18.6 Å². The summed E-state index contributed by atoms with van der Waals surface area (Å²) < 4.78 is 10.7. The number of amides is 2. The fraction of sp³-hybridized carbons (Fsp3) is 0.391. The molecule has 0 saturated heterocycles. The second kappa shape index (κ2) is 9.96. The van der Waals surface area contributed by atoms with Crippen molar-refractivity contribution in [2.75, 3.05) is 19.9 Å². The van der Waals surface area contributed by atoms with Crippen LogP contribution in [-0.2, 0) is 22.4 Å². The highest BCUT2D eigenvalue weighted by atomic mass is 16.7. The van der Waals surface area contributed by atoms with Gasteiger partial charge in [0.05, 0.1) is 0 Å². The van der Waals surface area contributed by atoms with Crippen molar-refractivity contribution in [1.29, 1.82) is 0 Å². The number of nitrogens with zero attached hydrogens (tertiary/aromatic N) is 1. The first-order valence-electron chi connectivity index (χ1n) is 10.1. The SMILES string of the molecule is CCNC(=O)[C@@H](C)N(CCc1ccccc1)C(=O)CCc1ccc2c(c1)OCO2. The lowest BCUT2D eigenvalue weighted by atomic mass is 10.1. The zero-order valence-corrected chi connectivity index (χ0v) is 17.0. The first kappa shape index (κ1) is 20.7. The number of carbonyl (C=O) groups is 2. The largest absolute Gasteiger partial charge is 0.454 e. The van der Waals surface area contributed by atoms with Gasteiger partial charge in [0.1, 0.15) is 6.04 Å². The van der Waals surface area contributed by atoms with Crippen molar-refractivity contribution >= 4 is 11.8 Å². The Bertz CT molecular complexity index is 838. The van der Waals surface area contributed by atoms with Crippen LogP contribution in [0.2, 0.25) is 0 Å². The van der Waals surface area contributed by atoms with Crippen LogP contribution in [0.4, 0.5) is 0 Å². The van der Waals surface area contributed by atoms with Gasteiger partial charge in [0.2, 0.25) is 18.6 Å². The van der Waals surface area contributed by atoms with Gasteiger partial charge in [-0.3, -0.25) is 9.59 Å². The fourth-order valence-corrected chi connectivity index (χ4v) is 3.38. The van der Waals surface area contributed by atoms with Gasteiger partial charge < -0.3 is 19.7 Å². The predicted octanol–water partition coefficient (Wildman–Crippen LogP) is 2.94. The lowest BCUT2D eigenvalue weighted by molar-refractivity contribution is -0.139. The van der Waals surface area contributed by atoms with Gasteiger partial charge in [0.25, 0.3) is 0 Å². The van der Waals surface area contributed by atoms with Crippen molar-refractivity contribution in [3.63, 3.8) is 0 Å². The molecule has 0 spiro atoms. The molecule has 0 bridgehead atoms. The second-order valence-corrected chi connectivity index (χ2v) is 7.08. The molecule has 2 aromatic rings. The summed E-state index contributed by atoms with van der Waals surface area (Å²) >= 11 is 0. The number of nitrogens with one attached hydrogen (secondary N) is 1. The number of fused-ring (bicyclic) bond motifs is 1. The van der Waals surface area contributed by atoms with Crippen molar-refractivity contribution in [2.24, 2.45) is 0 Å². The van der Waals surface area contributed by atoms with Gasteiger partial charge in [-0.15, -0.1) is 0 Å². The van der Waals surface area contributed by atoms with E-state index in [1.807, 2.05) is 55.5 Å². The normalized spacial score (nSPS) is 13.0. The topological polar surface area (TPSA) is 67.9 Å². The summed E-state index contributed by atoms with van der Waals surface area (Å²) in [4.78, 5) is 27.1. The average Bonchev–Trinajstić information content (AvgIpc) is 3.21. The first-order valence-corrected chi connectivity index (χ1v) is 10.1. The fourth-order valence-electron chi connectivity index (χ4n) is 3.38. The van der Waals surface area contributed by atoms with Crippen molar-refractivity contribution in [3.8, 4) is 11.5 Å². The summed E-state index contributed by atoms with van der Waals surface area (Å²) in [5.74, 6) is 1.29. The number of likely N-dealkylation sites (N-methyl/N-ethyl adjacent to an activating group) is 1. The molecule has 154 valence electrons. The van der Waals surface area contributed by atoms with E-state index in [1.54, 1.807) is 11.8 Å². The number of hydrogen-bond donors (Lipinski definition) is 1. The lowest BCUT2D eigenvalue weighted by Crippen LogP contribution is -2.48. The molecule has 0 radical (unpaired) electrons. The van der Waals surface area contributed by atoms with Gasteiger partial charge in [-0.25, -0.2) is 0 Å². The molecule has 6 heteroatoms. The minimum atomic E-state index is -0.511. The van der Waals surface area contributed by atoms with E-state index in [2.05, 4.69) is 5.32 Å². The van der Waals surface area contributed by atoms with Gasteiger partial charge in [0.15, 0.2) is 11.5 Å². The van der Waals surface area contributed by atoms with Gasteiger partial charge in [-0.2, -0.15) is 0 Å². The molecule has 6 nitrogen and oxygen atoms in total. The third kappa shape index (κ3) is 5.50. The Morgan fingerprint density at radius 1 is 1.03 bits per heavy atom. The smallest absolute Gasteiger partial charge is 0.242 e. The third-order valence-electron chi connectivity index (χ3n) is 5.07. The Hall–Kier alpha value is -3.02. The number of hydrogen-bond acceptors (Lipinski definition) is 4. The van der Waals surface area contributed by atoms with E-state index >= 15 is 0 Å². The maximum atomic E-state index is 13.0. The Morgan fingerprint density at radius 3 is 2.55 bits per heavy atom. The van der Waals surface area contributed by atoms with E-state index in [1.165, 1.54) is 0 Å². The zero-order chi connectivity index (χ0) is 20.6. The van der Waals surface area contributed by atoms with Crippen LogP contribution in [0.5, 0.6) is 11.5 Å². The van der Waals surface area contributed by atoms with Crippen LogP contribution in [0, 0.1) is 0 Å². The molecule has 0 aromatic heterocycles. The Morgan fingerprint density at radius 2 is 1.79 bits per heavy atom. The molecule has 0 saturated carbocycles. The number of aryl methyl sites for hydroxylation is 1. The van der Waals surface area contributed by atoms with Gasteiger partial charge in [0, 0.05) is 19.5 Å². The minimum absolute atomic E-state index is 0.0302. The highest BCUT2D eigenvalue weighted by molar-refractivity contribution is 5.87. The van der Waals surface area contributed by atoms with Crippen LogP contribution in [0.15, 0.2) is 48.5 Å². The van der Waals surface area contributed by atoms with Crippen LogP contribution in [0.1, 0.15) is 31.4 Å². The average molecular weight is 396 g/mol. The molecule has 0 unspecified atom stereocenters. The van der Waals surface area contributed by atoms with Crippen molar-refractivity contribution in [1.82, 2.24) is 10.2 Å². The zero-order valence-electron chi connectivity index (χ0n) is 17.0. The van der Waals surface area contributed by atoms with Gasteiger partial charge in [-0.05, 0) is 49.9 Å². The molecule has 0 fully saturated rings. The highest BCUT2D eigenvalue weighted by Gasteiger charge is 2.25. The van der Waals surface area contributed by atoms with E-state index in [0.29, 0.717) is 38.1 Å². The quantitative estimate of drug-likeness (QED) is 0.708. The summed E-state index contributed by atoms with van der Waals surface area (Å²) in [6.07, 6.45) is 1.62. The first-order chi connectivity index (χ1) is 14.1. The molecule has 1 aliphatic rings. The van der Waals surface area contributed by atoms with E-state index < -0.39 is 6.04 Å². The minimum Gasteiger partial charge on any atom is -0.454 e. The number of carbonyl (C=O) groups excluding carboxylic acids is 2. The van der Waals surface area contributed by atoms with Crippen LogP contribution >= 0.6 is 0 Å². The van der Waals surface area contributed by atoms with Gasteiger partial charge >= 0.3 is 0 Å². The molecule has 0 aliphatic carbocycles. The maximum absolute atomic E-state index is 13.0. The molecule has 29 heavy (non-hydrogen) atoms. The summed E-state index contributed by atoms with van der Waals surface area (Å²) in [5.41, 5.74) is 2.15. The molecule has 1 heterocycles. The van der Waals surface area contributed by atoms with E-state index in [4.69, 9.17) is 9.47 Å². The molecule has 1 N–H and O–H groups in total. The summed E-state index contributed by atoms with van der Waals surface area (Å²) in [7, 11) is 0. The standard InChI is InChI=1S/C23H28N2O4/c1-3-24-23(27)17(2)25(14-13-18-7-5-4-6-8-18)22(26)12-10-19-9-11-20-21(15-19)29-16-28-20/h4-9,11,15,17H,3,10,12-14,16H2,1-2H3,(H,24,27)/t17-/m1/s1. The number of benzene rings is 2. The third-order valence-corrected chi connectivity index (χ3v) is 5.07. The van der Waals surface area contributed by atoms with Crippen LogP contribution in [0.3, 0.4) is 0 Å². The van der Waals surface area contributed by atoms with Crippen LogP contribution < -0.4 is 14.8 Å². The lowest BCUT2D eigenvalue weighted by Gasteiger charge is -2.28. The van der Waals surface area contributed by atoms with E-state index in [0.717, 1.165) is 16.9 Å². The monoisotopic (exact) mass is 396 g/mol. The number of rotatable bonds is 9. The second-order valence-electron chi connectivity index (χ2n) is 7.08. The molecule has 2 amide bonds. The maximum Gasteiger partial charge on any atom is 0.242 e. The summed E-state index contributed by atoms with van der Waals surface area (Å²) in [6.45, 7) is 4.94. The molecule has 3 rings (SSSR count). The van der Waals surface area contributed by atoms with Crippen LogP contribution in [0.25, 0.3) is 0 Å². The van der Waals surface area contributed by atoms with Crippen molar-refractivity contribution < 1.29 is 19.1 Å². The van der Waals surface area contributed by atoms with Crippen LogP contribution in [-0.4, -0.2) is 42.6 Å². The molecule has 1 atom stereocenters. The molecule has 1 aliphatic heterocycles. The molecular weight excluding hydrogens is 368 g/mol. The summed E-state index contributed by atoms with van der Waals surface area (Å²) in [5, 5.41) is 2.82. The van der Waals surface area contributed by atoms with Crippen molar-refractivity contribution in [3.05, 3.63) is 59.7 Å². The Balaban J connectivity index is 1.64. The Kier molecular flexibility index (Phi) is 7.11. The van der Waals surface area contributed by atoms with Gasteiger partial charge in [-0.1, -0.05) is 36.4 Å².